The topological polar surface area (TPSA) is 66.8 Å². The van der Waals surface area contributed by atoms with Gasteiger partial charge in [0.1, 0.15) is 11.5 Å². The van der Waals surface area contributed by atoms with Gasteiger partial charge in [-0.15, -0.1) is 0 Å². The number of carbonyl (C=O) groups excluding carboxylic acids is 2. The number of carbonyl (C=O) groups is 2. The predicted octanol–water partition coefficient (Wildman–Crippen LogP) is 4.23. The van der Waals surface area contributed by atoms with Gasteiger partial charge in [0, 0.05) is 22.6 Å². The largest absolute Gasteiger partial charge is 0.493 e. The van der Waals surface area contributed by atoms with Crippen LogP contribution in [0.25, 0.3) is 0 Å². The Morgan fingerprint density at radius 3 is 2.71 bits per heavy atom. The predicted molar refractivity (Wildman–Crippen MR) is 109 cm³/mol. The van der Waals surface area contributed by atoms with Crippen LogP contribution >= 0.6 is 11.6 Å². The number of ketones is 1. The Hall–Kier alpha value is -2.37. The van der Waals surface area contributed by atoms with Crippen molar-refractivity contribution >= 4 is 29.0 Å². The average Bonchev–Trinajstić information content (AvgIpc) is 2.84. The van der Waals surface area contributed by atoms with Crippen molar-refractivity contribution in [1.82, 2.24) is 0 Å². The van der Waals surface area contributed by atoms with Gasteiger partial charge in [-0.1, -0.05) is 43.1 Å². The molecule has 1 aliphatic rings. The lowest BCUT2D eigenvalue weighted by atomic mass is 9.90. The molecule has 28 heavy (non-hydrogen) atoms. The number of nitrogens with zero attached hydrogens (tertiary/aromatic N) is 1. The maximum Gasteiger partial charge on any atom is 0.264 e. The molecule has 1 atom stereocenters. The molecule has 1 heterocycles. The van der Waals surface area contributed by atoms with E-state index in [1.807, 2.05) is 24.3 Å². The molecule has 1 N–H and O–H groups in total. The number of aliphatic hydroxyl groups is 1. The number of amides is 1. The summed E-state index contributed by atoms with van der Waals surface area (Å²) in [7, 11) is 0. The molecule has 148 valence electrons. The van der Waals surface area contributed by atoms with Crippen LogP contribution in [-0.4, -0.2) is 23.4 Å². The van der Waals surface area contributed by atoms with E-state index >= 15 is 0 Å². The third kappa shape index (κ3) is 3.91. The summed E-state index contributed by atoms with van der Waals surface area (Å²) in [5.74, 6) is -0.0866. The SMILES string of the molecule is CCCCOc1ccccc1CN1C(=O)C(O)(CC(C)=O)c2cc(Cl)ccc21. The summed E-state index contributed by atoms with van der Waals surface area (Å²) in [5, 5.41) is 11.5. The molecule has 2 aromatic rings. The molecule has 0 aromatic heterocycles. The van der Waals surface area contributed by atoms with Gasteiger partial charge in [-0.25, -0.2) is 0 Å². The Balaban J connectivity index is 1.96. The Morgan fingerprint density at radius 1 is 1.25 bits per heavy atom. The van der Waals surface area contributed by atoms with Gasteiger partial charge in [0.2, 0.25) is 0 Å². The van der Waals surface area contributed by atoms with Crippen LogP contribution in [0.5, 0.6) is 5.75 Å². The van der Waals surface area contributed by atoms with Crippen LogP contribution in [-0.2, 0) is 21.7 Å². The molecule has 0 saturated carbocycles. The maximum absolute atomic E-state index is 13.1. The highest BCUT2D eigenvalue weighted by atomic mass is 35.5. The molecule has 0 bridgehead atoms. The van der Waals surface area contributed by atoms with Crippen LogP contribution in [0.3, 0.4) is 0 Å². The summed E-state index contributed by atoms with van der Waals surface area (Å²) in [6.07, 6.45) is 1.68. The van der Waals surface area contributed by atoms with Gasteiger partial charge in [0.15, 0.2) is 5.60 Å². The van der Waals surface area contributed by atoms with Gasteiger partial charge < -0.3 is 14.7 Å². The van der Waals surface area contributed by atoms with Crippen LogP contribution in [0.2, 0.25) is 5.02 Å². The van der Waals surface area contributed by atoms with Crippen LogP contribution < -0.4 is 9.64 Å². The molecule has 1 unspecified atom stereocenters. The van der Waals surface area contributed by atoms with Gasteiger partial charge in [-0.2, -0.15) is 0 Å². The summed E-state index contributed by atoms with van der Waals surface area (Å²) in [6.45, 7) is 4.28. The van der Waals surface area contributed by atoms with Crippen LogP contribution in [0.4, 0.5) is 5.69 Å². The zero-order valence-corrected chi connectivity index (χ0v) is 16.8. The number of anilines is 1. The van der Waals surface area contributed by atoms with Gasteiger partial charge in [0.25, 0.3) is 5.91 Å². The second-order valence-electron chi connectivity index (χ2n) is 7.10. The Labute approximate surface area is 169 Å². The molecule has 1 aliphatic heterocycles. The monoisotopic (exact) mass is 401 g/mol. The van der Waals surface area contributed by atoms with Crippen molar-refractivity contribution in [2.45, 2.75) is 45.3 Å². The molecular formula is C22H24ClNO4. The molecule has 0 spiro atoms. The van der Waals surface area contributed by atoms with Crippen molar-refractivity contribution in [1.29, 1.82) is 0 Å². The lowest BCUT2D eigenvalue weighted by molar-refractivity contribution is -0.141. The highest BCUT2D eigenvalue weighted by Crippen LogP contribution is 2.44. The number of hydrogen-bond donors (Lipinski definition) is 1. The first-order chi connectivity index (χ1) is 13.4. The lowest BCUT2D eigenvalue weighted by Gasteiger charge is -2.23. The Morgan fingerprint density at radius 2 is 2.00 bits per heavy atom. The first-order valence-electron chi connectivity index (χ1n) is 9.41. The third-order valence-electron chi connectivity index (χ3n) is 4.86. The number of unbranched alkanes of at least 4 members (excludes halogenated alkanes) is 1. The number of halogens is 1. The van der Waals surface area contributed by atoms with E-state index in [0.29, 0.717) is 28.6 Å². The van der Waals surface area contributed by atoms with Gasteiger partial charge in [0.05, 0.1) is 18.8 Å². The third-order valence-corrected chi connectivity index (χ3v) is 5.09. The normalized spacial score (nSPS) is 18.3. The van der Waals surface area contributed by atoms with Crippen LogP contribution in [0, 0.1) is 0 Å². The molecule has 3 rings (SSSR count). The van der Waals surface area contributed by atoms with Gasteiger partial charge in [-0.05, 0) is 37.6 Å². The molecule has 0 radical (unpaired) electrons. The van der Waals surface area contributed by atoms with E-state index in [1.165, 1.54) is 11.8 Å². The molecular weight excluding hydrogens is 378 g/mol. The minimum atomic E-state index is -1.90. The molecule has 2 aromatic carbocycles. The van der Waals surface area contributed by atoms with Crippen molar-refractivity contribution in [3.63, 3.8) is 0 Å². The fraction of sp³-hybridized carbons (Fsp3) is 0.364. The summed E-state index contributed by atoms with van der Waals surface area (Å²) < 4.78 is 5.87. The van der Waals surface area contributed by atoms with E-state index in [9.17, 15) is 14.7 Å². The molecule has 5 nitrogen and oxygen atoms in total. The summed E-state index contributed by atoms with van der Waals surface area (Å²) in [6, 6.07) is 12.5. The number of fused-ring (bicyclic) bond motifs is 1. The number of para-hydroxylation sites is 1. The van der Waals surface area contributed by atoms with E-state index < -0.39 is 11.5 Å². The number of ether oxygens (including phenoxy) is 1. The standard InChI is InChI=1S/C22H24ClNO4/c1-3-4-11-28-20-8-6-5-7-16(20)14-24-19-10-9-17(23)12-18(19)22(27,21(24)26)13-15(2)25/h5-10,12,27H,3-4,11,13-14H2,1-2H3. The van der Waals surface area contributed by atoms with Crippen molar-refractivity contribution in [3.8, 4) is 5.75 Å². The fourth-order valence-electron chi connectivity index (χ4n) is 3.48. The summed E-state index contributed by atoms with van der Waals surface area (Å²) in [5.41, 5.74) is -0.143. The summed E-state index contributed by atoms with van der Waals surface area (Å²) >= 11 is 6.09. The maximum atomic E-state index is 13.1. The minimum Gasteiger partial charge on any atom is -0.493 e. The average molecular weight is 402 g/mol. The second kappa shape index (κ2) is 8.33. The second-order valence-corrected chi connectivity index (χ2v) is 7.54. The molecule has 0 aliphatic carbocycles. The Kier molecular flexibility index (Phi) is 6.06. The molecule has 0 fully saturated rings. The first kappa shape index (κ1) is 20.4. The highest BCUT2D eigenvalue weighted by Gasteiger charge is 2.50. The number of Topliss-reactive ketones (excluding diaryl/α,β-unsaturated/α-hetero) is 1. The number of rotatable bonds is 8. The fourth-order valence-corrected chi connectivity index (χ4v) is 3.66. The van der Waals surface area contributed by atoms with Crippen molar-refractivity contribution in [2.75, 3.05) is 11.5 Å². The van der Waals surface area contributed by atoms with E-state index in [0.717, 1.165) is 18.4 Å². The van der Waals surface area contributed by atoms with Crippen molar-refractivity contribution in [2.24, 2.45) is 0 Å². The smallest absolute Gasteiger partial charge is 0.264 e. The van der Waals surface area contributed by atoms with Crippen LogP contribution in [0.15, 0.2) is 42.5 Å². The highest BCUT2D eigenvalue weighted by molar-refractivity contribution is 6.31. The minimum absolute atomic E-state index is 0.232. The quantitative estimate of drug-likeness (QED) is 0.672. The van der Waals surface area contributed by atoms with E-state index in [2.05, 4.69) is 6.92 Å². The van der Waals surface area contributed by atoms with E-state index in [1.54, 1.807) is 18.2 Å². The summed E-state index contributed by atoms with van der Waals surface area (Å²) in [4.78, 5) is 26.4. The first-order valence-corrected chi connectivity index (χ1v) is 9.79. The van der Waals surface area contributed by atoms with Crippen molar-refractivity contribution in [3.05, 3.63) is 58.6 Å². The number of hydrogen-bond acceptors (Lipinski definition) is 4. The zero-order chi connectivity index (χ0) is 20.3. The van der Waals surface area contributed by atoms with Crippen molar-refractivity contribution < 1.29 is 19.4 Å². The molecule has 0 saturated heterocycles. The molecule has 6 heteroatoms. The molecule has 1 amide bonds. The van der Waals surface area contributed by atoms with E-state index in [-0.39, 0.29) is 18.7 Å². The lowest BCUT2D eigenvalue weighted by Crippen LogP contribution is -2.41. The number of benzene rings is 2. The van der Waals surface area contributed by atoms with Gasteiger partial charge >= 0.3 is 0 Å². The van der Waals surface area contributed by atoms with Crippen LogP contribution in [0.1, 0.15) is 44.2 Å². The zero-order valence-electron chi connectivity index (χ0n) is 16.1. The van der Waals surface area contributed by atoms with E-state index in [4.69, 9.17) is 16.3 Å². The Bertz CT molecular complexity index is 898. The van der Waals surface area contributed by atoms with Gasteiger partial charge in [-0.3, -0.25) is 9.59 Å².